The van der Waals surface area contributed by atoms with E-state index in [0.717, 1.165) is 24.8 Å². The van der Waals surface area contributed by atoms with E-state index in [1.807, 2.05) is 6.08 Å². The summed E-state index contributed by atoms with van der Waals surface area (Å²) in [6.45, 7) is 3.88. The maximum absolute atomic E-state index is 12.0. The summed E-state index contributed by atoms with van der Waals surface area (Å²) in [7, 11) is 1.32. The summed E-state index contributed by atoms with van der Waals surface area (Å²) in [5.41, 5.74) is 0.717. The van der Waals surface area contributed by atoms with Crippen molar-refractivity contribution in [1.82, 2.24) is 0 Å². The van der Waals surface area contributed by atoms with E-state index in [1.54, 1.807) is 13.0 Å². The van der Waals surface area contributed by atoms with E-state index in [-0.39, 0.29) is 17.6 Å². The summed E-state index contributed by atoms with van der Waals surface area (Å²) < 4.78 is 4.58. The molecule has 0 heterocycles. The molecule has 1 fully saturated rings. The fourth-order valence-electron chi connectivity index (χ4n) is 3.36. The number of ether oxygens (including phenoxy) is 1. The lowest BCUT2D eigenvalue weighted by atomic mass is 9.87. The molecule has 0 aromatic rings. The van der Waals surface area contributed by atoms with Crippen LogP contribution in [-0.4, -0.2) is 41.3 Å². The molecule has 25 heavy (non-hydrogen) atoms. The second-order valence-corrected chi connectivity index (χ2v) is 6.92. The Hall–Kier alpha value is -1.46. The maximum atomic E-state index is 12.0. The van der Waals surface area contributed by atoms with Gasteiger partial charge in [0.15, 0.2) is 0 Å². The molecule has 0 spiro atoms. The molecule has 4 atom stereocenters. The molecule has 142 valence electrons. The van der Waals surface area contributed by atoms with Gasteiger partial charge in [-0.05, 0) is 31.3 Å². The minimum atomic E-state index is -0.627. The Kier molecular flexibility index (Phi) is 9.68. The molecule has 2 N–H and O–H groups in total. The van der Waals surface area contributed by atoms with Crippen LogP contribution < -0.4 is 0 Å². The van der Waals surface area contributed by atoms with Gasteiger partial charge in [0.25, 0.3) is 0 Å². The predicted octanol–water partition coefficient (Wildman–Crippen LogP) is 2.95. The quantitative estimate of drug-likeness (QED) is 0.273. The van der Waals surface area contributed by atoms with Crippen LogP contribution in [0.2, 0.25) is 0 Å². The van der Waals surface area contributed by atoms with Crippen LogP contribution >= 0.6 is 0 Å². The van der Waals surface area contributed by atoms with E-state index in [1.165, 1.54) is 13.2 Å². The van der Waals surface area contributed by atoms with Crippen molar-refractivity contribution in [2.24, 2.45) is 11.8 Å². The summed E-state index contributed by atoms with van der Waals surface area (Å²) in [5.74, 6) is -0.540. The van der Waals surface area contributed by atoms with E-state index >= 15 is 0 Å². The van der Waals surface area contributed by atoms with Crippen molar-refractivity contribution >= 4 is 11.8 Å². The number of carbonyl (C=O) groups is 2. The fraction of sp³-hybridized carbons (Fsp3) is 0.700. The number of aliphatic hydroxyl groups excluding tert-OH is 2. The topological polar surface area (TPSA) is 83.8 Å². The molecule has 0 bridgehead atoms. The smallest absolute Gasteiger partial charge is 0.330 e. The van der Waals surface area contributed by atoms with Crippen LogP contribution in [0.3, 0.4) is 0 Å². The Labute approximate surface area is 150 Å². The molecule has 1 aliphatic rings. The van der Waals surface area contributed by atoms with Gasteiger partial charge < -0.3 is 14.9 Å². The number of unbranched alkanes of at least 4 members (excludes halogenated alkanes) is 2. The van der Waals surface area contributed by atoms with Gasteiger partial charge >= 0.3 is 5.97 Å². The minimum Gasteiger partial charge on any atom is -0.466 e. The van der Waals surface area contributed by atoms with Crippen molar-refractivity contribution in [1.29, 1.82) is 0 Å². The molecule has 0 aliphatic heterocycles. The Morgan fingerprint density at radius 2 is 1.88 bits per heavy atom. The van der Waals surface area contributed by atoms with Gasteiger partial charge in [0.05, 0.1) is 19.3 Å². The van der Waals surface area contributed by atoms with Gasteiger partial charge in [-0.3, -0.25) is 4.79 Å². The molecule has 1 saturated carbocycles. The third kappa shape index (κ3) is 7.53. The molecule has 1 rings (SSSR count). The summed E-state index contributed by atoms with van der Waals surface area (Å²) in [5, 5.41) is 20.4. The standard InChI is InChI=1S/C20H32O5/c1-4-5-6-7-15(21)9-11-17-16(18(22)13-19(17)23)10-8-14(2)12-20(24)25-3/h8,10,12,16-19,22-23H,4-7,9,11,13H2,1-3H3. The second-order valence-electron chi connectivity index (χ2n) is 6.92. The number of esters is 1. The molecule has 0 radical (unpaired) electrons. The van der Waals surface area contributed by atoms with Crippen LogP contribution in [-0.2, 0) is 14.3 Å². The SMILES string of the molecule is CCCCCC(=O)CCC1C(O)CC(O)C1C=CC(C)=CC(=O)OC. The van der Waals surface area contributed by atoms with Crippen LogP contribution in [0.25, 0.3) is 0 Å². The molecule has 0 amide bonds. The molecular weight excluding hydrogens is 320 g/mol. The number of allylic oxidation sites excluding steroid dienone is 2. The average Bonchev–Trinajstić information content (AvgIpc) is 2.84. The van der Waals surface area contributed by atoms with Crippen LogP contribution in [0.15, 0.2) is 23.8 Å². The zero-order valence-electron chi connectivity index (χ0n) is 15.6. The fourth-order valence-corrected chi connectivity index (χ4v) is 3.36. The number of rotatable bonds is 10. The summed E-state index contributed by atoms with van der Waals surface area (Å²) in [6, 6.07) is 0. The first-order valence-corrected chi connectivity index (χ1v) is 9.21. The van der Waals surface area contributed by atoms with Crippen LogP contribution in [0.5, 0.6) is 0 Å². The number of hydrogen-bond donors (Lipinski definition) is 2. The highest BCUT2D eigenvalue weighted by atomic mass is 16.5. The number of hydrogen-bond acceptors (Lipinski definition) is 5. The van der Waals surface area contributed by atoms with Gasteiger partial charge in [-0.25, -0.2) is 4.79 Å². The zero-order chi connectivity index (χ0) is 18.8. The number of Topliss-reactive ketones (excluding diaryl/α,β-unsaturated/α-hetero) is 1. The summed E-state index contributed by atoms with van der Waals surface area (Å²) in [6.07, 6.45) is 8.77. The first-order valence-electron chi connectivity index (χ1n) is 9.21. The van der Waals surface area contributed by atoms with Crippen LogP contribution in [0.1, 0.15) is 58.8 Å². The molecule has 0 aromatic heterocycles. The van der Waals surface area contributed by atoms with Gasteiger partial charge in [-0.1, -0.05) is 31.9 Å². The van der Waals surface area contributed by atoms with Crippen molar-refractivity contribution in [3.05, 3.63) is 23.8 Å². The van der Waals surface area contributed by atoms with Crippen molar-refractivity contribution in [3.8, 4) is 0 Å². The highest BCUT2D eigenvalue weighted by Gasteiger charge is 2.39. The van der Waals surface area contributed by atoms with Gasteiger partial charge in [0, 0.05) is 31.3 Å². The first kappa shape index (κ1) is 21.6. The second kappa shape index (κ2) is 11.2. The average molecular weight is 352 g/mol. The third-order valence-corrected chi connectivity index (χ3v) is 4.86. The predicted molar refractivity (Wildman–Crippen MR) is 96.9 cm³/mol. The largest absolute Gasteiger partial charge is 0.466 e. The lowest BCUT2D eigenvalue weighted by Gasteiger charge is -2.20. The highest BCUT2D eigenvalue weighted by molar-refractivity contribution is 5.83. The van der Waals surface area contributed by atoms with Gasteiger partial charge in [-0.2, -0.15) is 0 Å². The summed E-state index contributed by atoms with van der Waals surface area (Å²) in [4.78, 5) is 23.2. The Balaban J connectivity index is 2.62. The van der Waals surface area contributed by atoms with Crippen molar-refractivity contribution < 1.29 is 24.5 Å². The Morgan fingerprint density at radius 1 is 1.16 bits per heavy atom. The lowest BCUT2D eigenvalue weighted by molar-refractivity contribution is -0.134. The number of carbonyl (C=O) groups excluding carboxylic acids is 2. The molecule has 0 saturated heterocycles. The van der Waals surface area contributed by atoms with E-state index in [9.17, 15) is 19.8 Å². The van der Waals surface area contributed by atoms with Gasteiger partial charge in [-0.15, -0.1) is 0 Å². The monoisotopic (exact) mass is 352 g/mol. The normalized spacial score (nSPS) is 27.0. The molecule has 1 aliphatic carbocycles. The molecule has 5 nitrogen and oxygen atoms in total. The van der Waals surface area contributed by atoms with Crippen molar-refractivity contribution in [2.75, 3.05) is 7.11 Å². The number of aliphatic hydroxyl groups is 2. The molecular formula is C20H32O5. The van der Waals surface area contributed by atoms with Crippen molar-refractivity contribution in [3.63, 3.8) is 0 Å². The molecule has 5 heteroatoms. The zero-order valence-corrected chi connectivity index (χ0v) is 15.6. The van der Waals surface area contributed by atoms with E-state index in [2.05, 4.69) is 11.7 Å². The van der Waals surface area contributed by atoms with E-state index in [4.69, 9.17) is 0 Å². The number of ketones is 1. The maximum Gasteiger partial charge on any atom is 0.330 e. The van der Waals surface area contributed by atoms with Crippen LogP contribution in [0.4, 0.5) is 0 Å². The number of methoxy groups -OCH3 is 1. The van der Waals surface area contributed by atoms with Crippen LogP contribution in [0, 0.1) is 11.8 Å². The minimum absolute atomic E-state index is 0.132. The Morgan fingerprint density at radius 3 is 2.52 bits per heavy atom. The summed E-state index contributed by atoms with van der Waals surface area (Å²) >= 11 is 0. The van der Waals surface area contributed by atoms with Gasteiger partial charge in [0.2, 0.25) is 0 Å². The van der Waals surface area contributed by atoms with Gasteiger partial charge in [0.1, 0.15) is 5.78 Å². The molecule has 4 unspecified atom stereocenters. The van der Waals surface area contributed by atoms with E-state index in [0.29, 0.717) is 25.7 Å². The molecule has 0 aromatic carbocycles. The highest BCUT2D eigenvalue weighted by Crippen LogP contribution is 2.37. The van der Waals surface area contributed by atoms with E-state index < -0.39 is 18.2 Å². The van der Waals surface area contributed by atoms with Crippen molar-refractivity contribution in [2.45, 2.75) is 71.0 Å². The first-order chi connectivity index (χ1) is 11.9. The Bertz CT molecular complexity index is 494. The lowest BCUT2D eigenvalue weighted by Crippen LogP contribution is -2.21. The third-order valence-electron chi connectivity index (χ3n) is 4.86.